The Morgan fingerprint density at radius 2 is 2.15 bits per heavy atom. The molecule has 78 valence electrons. The van der Waals surface area contributed by atoms with Crippen molar-refractivity contribution in [2.24, 2.45) is 11.5 Å². The second kappa shape index (κ2) is 6.82. The van der Waals surface area contributed by atoms with Gasteiger partial charge in [-0.15, -0.1) is 0 Å². The maximum absolute atomic E-state index is 10.3. The molecule has 0 saturated carbocycles. The van der Waals surface area contributed by atoms with Gasteiger partial charge in [0.25, 0.3) is 0 Å². The van der Waals surface area contributed by atoms with Gasteiger partial charge in [-0.05, 0) is 25.8 Å². The Labute approximate surface area is 78.5 Å². The zero-order valence-electron chi connectivity index (χ0n) is 7.99. The minimum Gasteiger partial charge on any atom is -0.480 e. The van der Waals surface area contributed by atoms with Gasteiger partial charge in [-0.2, -0.15) is 0 Å². The molecule has 0 heterocycles. The summed E-state index contributed by atoms with van der Waals surface area (Å²) in [7, 11) is 0. The largest absolute Gasteiger partial charge is 0.480 e. The SMILES string of the molecule is CC[C@@H](N)NCCC[C@H](N)C(=O)O. The number of nitrogens with two attached hydrogens (primary N) is 2. The number of carbonyl (C=O) groups is 1. The minimum absolute atomic E-state index is 0.000975. The van der Waals surface area contributed by atoms with E-state index in [0.717, 1.165) is 19.4 Å². The number of nitrogens with one attached hydrogen (secondary N) is 1. The summed E-state index contributed by atoms with van der Waals surface area (Å²) < 4.78 is 0. The Hall–Kier alpha value is -0.650. The zero-order chi connectivity index (χ0) is 10.3. The Morgan fingerprint density at radius 1 is 1.54 bits per heavy atom. The summed E-state index contributed by atoms with van der Waals surface area (Å²) in [6, 6.07) is -0.750. The fourth-order valence-corrected chi connectivity index (χ4v) is 0.877. The Morgan fingerprint density at radius 3 is 2.62 bits per heavy atom. The summed E-state index contributed by atoms with van der Waals surface area (Å²) >= 11 is 0. The van der Waals surface area contributed by atoms with Crippen LogP contribution in [0.4, 0.5) is 0 Å². The van der Waals surface area contributed by atoms with E-state index in [-0.39, 0.29) is 6.17 Å². The lowest BCUT2D eigenvalue weighted by Crippen LogP contribution is -2.38. The molecule has 0 rings (SSSR count). The van der Waals surface area contributed by atoms with Gasteiger partial charge in [0.1, 0.15) is 6.04 Å². The summed E-state index contributed by atoms with van der Waals surface area (Å²) in [4.78, 5) is 10.3. The van der Waals surface area contributed by atoms with Crippen LogP contribution in [0.15, 0.2) is 0 Å². The van der Waals surface area contributed by atoms with E-state index in [1.807, 2.05) is 6.92 Å². The summed E-state index contributed by atoms with van der Waals surface area (Å²) in [6.07, 6.45) is 2.09. The molecule has 0 amide bonds. The fourth-order valence-electron chi connectivity index (χ4n) is 0.877. The van der Waals surface area contributed by atoms with E-state index in [2.05, 4.69) is 5.32 Å². The molecule has 0 aliphatic rings. The number of rotatable bonds is 7. The molecule has 0 aliphatic heterocycles. The average Bonchev–Trinajstić information content (AvgIpc) is 2.11. The lowest BCUT2D eigenvalue weighted by Gasteiger charge is -2.11. The number of carboxylic acids is 1. The van der Waals surface area contributed by atoms with Crippen LogP contribution in [-0.2, 0) is 4.79 Å². The first kappa shape index (κ1) is 12.3. The van der Waals surface area contributed by atoms with E-state index in [9.17, 15) is 4.79 Å². The lowest BCUT2D eigenvalue weighted by molar-refractivity contribution is -0.138. The van der Waals surface area contributed by atoms with Crippen LogP contribution in [0.2, 0.25) is 0 Å². The van der Waals surface area contributed by atoms with E-state index in [4.69, 9.17) is 16.6 Å². The molecule has 5 nitrogen and oxygen atoms in total. The number of aliphatic carboxylic acids is 1. The van der Waals surface area contributed by atoms with Crippen molar-refractivity contribution >= 4 is 5.97 Å². The number of carboxylic acid groups (broad SMARTS) is 1. The average molecular weight is 189 g/mol. The first-order chi connectivity index (χ1) is 6.07. The second-order valence-electron chi connectivity index (χ2n) is 3.06. The van der Waals surface area contributed by atoms with Crippen LogP contribution in [0.3, 0.4) is 0 Å². The van der Waals surface area contributed by atoms with Crippen molar-refractivity contribution in [3.05, 3.63) is 0 Å². The molecular formula is C8H19N3O2. The molecular weight excluding hydrogens is 170 g/mol. The van der Waals surface area contributed by atoms with Crippen molar-refractivity contribution in [1.29, 1.82) is 0 Å². The summed E-state index contributed by atoms with van der Waals surface area (Å²) in [5.74, 6) is -0.945. The maximum Gasteiger partial charge on any atom is 0.320 e. The first-order valence-corrected chi connectivity index (χ1v) is 4.55. The summed E-state index contributed by atoms with van der Waals surface area (Å²) in [6.45, 7) is 2.70. The van der Waals surface area contributed by atoms with Crippen LogP contribution in [0.5, 0.6) is 0 Å². The monoisotopic (exact) mass is 189 g/mol. The van der Waals surface area contributed by atoms with Gasteiger partial charge in [0.2, 0.25) is 0 Å². The Balaban J connectivity index is 3.30. The van der Waals surface area contributed by atoms with Gasteiger partial charge >= 0.3 is 5.97 Å². The molecule has 5 heteroatoms. The molecule has 2 atom stereocenters. The van der Waals surface area contributed by atoms with Crippen molar-refractivity contribution in [1.82, 2.24) is 5.32 Å². The van der Waals surface area contributed by atoms with E-state index in [1.165, 1.54) is 0 Å². The molecule has 13 heavy (non-hydrogen) atoms. The van der Waals surface area contributed by atoms with Crippen LogP contribution in [0.25, 0.3) is 0 Å². The molecule has 0 aromatic heterocycles. The molecule has 0 unspecified atom stereocenters. The highest BCUT2D eigenvalue weighted by atomic mass is 16.4. The van der Waals surface area contributed by atoms with Crippen LogP contribution in [0.1, 0.15) is 26.2 Å². The van der Waals surface area contributed by atoms with Crippen molar-refractivity contribution < 1.29 is 9.90 Å². The maximum atomic E-state index is 10.3. The highest BCUT2D eigenvalue weighted by Gasteiger charge is 2.10. The molecule has 0 aromatic rings. The predicted molar refractivity (Wildman–Crippen MR) is 51.1 cm³/mol. The fraction of sp³-hybridized carbons (Fsp3) is 0.875. The molecule has 0 aliphatic carbocycles. The molecule has 6 N–H and O–H groups in total. The van der Waals surface area contributed by atoms with Crippen molar-refractivity contribution in [2.75, 3.05) is 6.54 Å². The van der Waals surface area contributed by atoms with Gasteiger partial charge < -0.3 is 21.9 Å². The van der Waals surface area contributed by atoms with Gasteiger partial charge in [0.05, 0.1) is 6.17 Å². The molecule has 0 fully saturated rings. The third kappa shape index (κ3) is 6.51. The topological polar surface area (TPSA) is 101 Å². The standard InChI is InChI=1S/C8H19N3O2/c1-2-7(10)11-5-3-4-6(9)8(12)13/h6-7,11H,2-5,9-10H2,1H3,(H,12,13)/t6-,7-/m0/s1. The van der Waals surface area contributed by atoms with Crippen LogP contribution < -0.4 is 16.8 Å². The normalized spacial score (nSPS) is 15.3. The molecule has 0 saturated heterocycles. The lowest BCUT2D eigenvalue weighted by atomic mass is 10.2. The smallest absolute Gasteiger partial charge is 0.320 e. The van der Waals surface area contributed by atoms with Crippen molar-refractivity contribution in [3.8, 4) is 0 Å². The molecule has 0 radical (unpaired) electrons. The predicted octanol–water partition coefficient (Wildman–Crippen LogP) is -0.537. The zero-order valence-corrected chi connectivity index (χ0v) is 7.99. The third-order valence-corrected chi connectivity index (χ3v) is 1.86. The first-order valence-electron chi connectivity index (χ1n) is 4.55. The Kier molecular flexibility index (Phi) is 6.48. The minimum atomic E-state index is -0.945. The van der Waals surface area contributed by atoms with E-state index in [1.54, 1.807) is 0 Å². The quantitative estimate of drug-likeness (QED) is 0.318. The molecule has 0 aromatic carbocycles. The van der Waals surface area contributed by atoms with E-state index < -0.39 is 12.0 Å². The summed E-state index contributed by atoms with van der Waals surface area (Å²) in [5, 5.41) is 11.5. The van der Waals surface area contributed by atoms with Gasteiger partial charge in [-0.3, -0.25) is 4.79 Å². The van der Waals surface area contributed by atoms with Gasteiger partial charge in [-0.25, -0.2) is 0 Å². The highest BCUT2D eigenvalue weighted by molar-refractivity contribution is 5.72. The highest BCUT2D eigenvalue weighted by Crippen LogP contribution is 1.93. The van der Waals surface area contributed by atoms with Gasteiger partial charge in [0.15, 0.2) is 0 Å². The number of hydrogen-bond donors (Lipinski definition) is 4. The van der Waals surface area contributed by atoms with Gasteiger partial charge in [-0.1, -0.05) is 6.92 Å². The van der Waals surface area contributed by atoms with Gasteiger partial charge in [0, 0.05) is 0 Å². The Bertz CT molecular complexity index is 152. The summed E-state index contributed by atoms with van der Waals surface area (Å²) in [5.41, 5.74) is 10.9. The third-order valence-electron chi connectivity index (χ3n) is 1.86. The second-order valence-corrected chi connectivity index (χ2v) is 3.06. The van der Waals surface area contributed by atoms with Crippen LogP contribution >= 0.6 is 0 Å². The van der Waals surface area contributed by atoms with Crippen molar-refractivity contribution in [2.45, 2.75) is 38.4 Å². The van der Waals surface area contributed by atoms with Crippen LogP contribution in [0, 0.1) is 0 Å². The van der Waals surface area contributed by atoms with Crippen LogP contribution in [-0.4, -0.2) is 29.8 Å². The van der Waals surface area contributed by atoms with E-state index >= 15 is 0 Å². The number of hydrogen-bond acceptors (Lipinski definition) is 4. The van der Waals surface area contributed by atoms with E-state index in [0.29, 0.717) is 6.42 Å². The molecule has 0 bridgehead atoms. The van der Waals surface area contributed by atoms with Crippen molar-refractivity contribution in [3.63, 3.8) is 0 Å². The molecule has 0 spiro atoms.